The maximum Gasteiger partial charge on any atom is 0.341 e. The van der Waals surface area contributed by atoms with Gasteiger partial charge >= 0.3 is 5.97 Å². The lowest BCUT2D eigenvalue weighted by Crippen LogP contribution is -2.92. The van der Waals surface area contributed by atoms with Crippen LogP contribution in [0.2, 0.25) is 0 Å². The van der Waals surface area contributed by atoms with E-state index in [0.717, 1.165) is 36.1 Å². The summed E-state index contributed by atoms with van der Waals surface area (Å²) in [6.45, 7) is 2.25. The number of ether oxygens (including phenoxy) is 1. The molecular weight excluding hydrogens is 396 g/mol. The topological polar surface area (TPSA) is 125 Å². The summed E-state index contributed by atoms with van der Waals surface area (Å²) in [5.74, 6) is -1.67. The molecule has 3 N–H and O–H groups in total. The summed E-state index contributed by atoms with van der Waals surface area (Å²) in [7, 11) is 0. The molecule has 1 atom stereocenters. The van der Waals surface area contributed by atoms with Crippen LogP contribution in [0, 0.1) is 0 Å². The van der Waals surface area contributed by atoms with Crippen molar-refractivity contribution in [1.29, 1.82) is 0 Å². The molecular formula is C20H24N2O6S. The fourth-order valence-corrected chi connectivity index (χ4v) is 4.69. The summed E-state index contributed by atoms with van der Waals surface area (Å²) < 4.78 is 10.4. The molecule has 0 fully saturated rings. The molecule has 2 aromatic heterocycles. The van der Waals surface area contributed by atoms with Gasteiger partial charge in [0, 0.05) is 4.88 Å². The van der Waals surface area contributed by atoms with E-state index in [9.17, 15) is 19.5 Å². The number of carboxylic acids is 1. The van der Waals surface area contributed by atoms with Crippen molar-refractivity contribution in [3.63, 3.8) is 0 Å². The Morgan fingerprint density at radius 2 is 2.14 bits per heavy atom. The van der Waals surface area contributed by atoms with E-state index in [4.69, 9.17) is 9.15 Å². The average Bonchev–Trinajstić information content (AvgIpc) is 3.32. The molecule has 2 heterocycles. The number of quaternary nitrogens is 1. The maximum absolute atomic E-state index is 12.5. The van der Waals surface area contributed by atoms with Gasteiger partial charge in [0.05, 0.1) is 30.8 Å². The lowest BCUT2D eigenvalue weighted by atomic mass is 9.95. The Labute approximate surface area is 172 Å². The van der Waals surface area contributed by atoms with Gasteiger partial charge in [0.25, 0.3) is 0 Å². The Morgan fingerprint density at radius 1 is 1.34 bits per heavy atom. The first-order valence-electron chi connectivity index (χ1n) is 9.67. The van der Waals surface area contributed by atoms with E-state index in [-0.39, 0.29) is 19.6 Å². The van der Waals surface area contributed by atoms with E-state index in [1.165, 1.54) is 22.9 Å². The standard InChI is InChI=1S/C20H24N2O6S/c1-2-27-20(26)17-13-7-3-4-8-15(13)29-18(17)22-16(23)10-14(19(24)25)21-11-12-6-5-9-28-12/h5-6,9,14,21H,2-4,7-8,10-11H2,1H3,(H,22,23)(H,24,25)/t14-/m0/s1. The van der Waals surface area contributed by atoms with Gasteiger partial charge in [-0.1, -0.05) is 0 Å². The molecule has 1 aliphatic carbocycles. The fraction of sp³-hybridized carbons (Fsp3) is 0.450. The number of aryl methyl sites for hydroxylation is 1. The summed E-state index contributed by atoms with van der Waals surface area (Å²) >= 11 is 1.37. The predicted octanol–water partition coefficient (Wildman–Crippen LogP) is 0.607. The van der Waals surface area contributed by atoms with E-state index >= 15 is 0 Å². The Kier molecular flexibility index (Phi) is 7.05. The van der Waals surface area contributed by atoms with Crippen molar-refractivity contribution < 1.29 is 34.0 Å². The minimum atomic E-state index is -1.33. The third kappa shape index (κ3) is 5.24. The van der Waals surface area contributed by atoms with Crippen LogP contribution in [-0.4, -0.2) is 30.5 Å². The van der Waals surface area contributed by atoms with Crippen molar-refractivity contribution in [2.75, 3.05) is 11.9 Å². The molecule has 0 aliphatic heterocycles. The second kappa shape index (κ2) is 9.71. The number of esters is 1. The van der Waals surface area contributed by atoms with Crippen LogP contribution in [0.5, 0.6) is 0 Å². The Hall–Kier alpha value is -2.65. The Morgan fingerprint density at radius 3 is 2.83 bits per heavy atom. The van der Waals surface area contributed by atoms with Crippen molar-refractivity contribution in [1.82, 2.24) is 0 Å². The van der Waals surface area contributed by atoms with Crippen LogP contribution in [0.15, 0.2) is 22.8 Å². The van der Waals surface area contributed by atoms with Crippen LogP contribution >= 0.6 is 11.3 Å². The molecule has 0 aromatic carbocycles. The minimum Gasteiger partial charge on any atom is -0.544 e. The molecule has 0 saturated carbocycles. The number of furan rings is 1. The summed E-state index contributed by atoms with van der Waals surface area (Å²) in [5.41, 5.74) is 1.35. The van der Waals surface area contributed by atoms with Gasteiger partial charge < -0.3 is 29.7 Å². The summed E-state index contributed by atoms with van der Waals surface area (Å²) in [4.78, 5) is 37.5. The second-order valence-electron chi connectivity index (χ2n) is 6.83. The predicted molar refractivity (Wildman–Crippen MR) is 103 cm³/mol. The molecule has 0 spiro atoms. The second-order valence-corrected chi connectivity index (χ2v) is 7.94. The SMILES string of the molecule is CCOC(=O)c1c(NC(=O)C[C@H]([NH2+]Cc2ccco2)C(=O)[O-])sc2c1CCCC2. The molecule has 0 radical (unpaired) electrons. The van der Waals surface area contributed by atoms with Gasteiger partial charge in [0.15, 0.2) is 5.76 Å². The number of carbonyl (C=O) groups excluding carboxylic acids is 3. The van der Waals surface area contributed by atoms with E-state index < -0.39 is 23.9 Å². The highest BCUT2D eigenvalue weighted by molar-refractivity contribution is 7.17. The molecule has 156 valence electrons. The smallest absolute Gasteiger partial charge is 0.341 e. The first-order chi connectivity index (χ1) is 14.0. The molecule has 1 amide bonds. The van der Waals surface area contributed by atoms with Gasteiger partial charge in [0.2, 0.25) is 5.91 Å². The number of carbonyl (C=O) groups is 3. The third-order valence-electron chi connectivity index (χ3n) is 4.80. The zero-order valence-corrected chi connectivity index (χ0v) is 17.0. The van der Waals surface area contributed by atoms with Gasteiger partial charge in [0.1, 0.15) is 17.6 Å². The molecule has 8 nitrogen and oxygen atoms in total. The number of nitrogens with one attached hydrogen (secondary N) is 1. The lowest BCUT2D eigenvalue weighted by Gasteiger charge is -2.16. The first kappa shape index (κ1) is 21.1. The highest BCUT2D eigenvalue weighted by atomic mass is 32.1. The normalized spacial score (nSPS) is 14.1. The van der Waals surface area contributed by atoms with Gasteiger partial charge in [-0.3, -0.25) is 4.79 Å². The van der Waals surface area contributed by atoms with E-state index in [2.05, 4.69) is 5.32 Å². The quantitative estimate of drug-likeness (QED) is 0.573. The van der Waals surface area contributed by atoms with Gasteiger partial charge in [-0.15, -0.1) is 11.3 Å². The molecule has 29 heavy (non-hydrogen) atoms. The van der Waals surface area contributed by atoms with Gasteiger partial charge in [-0.2, -0.15) is 0 Å². The number of nitrogens with two attached hydrogens (primary N) is 1. The number of hydrogen-bond donors (Lipinski definition) is 2. The van der Waals surface area contributed by atoms with Crippen LogP contribution < -0.4 is 15.7 Å². The van der Waals surface area contributed by atoms with Gasteiger partial charge in [-0.25, -0.2) is 4.79 Å². The number of fused-ring (bicyclic) bond motifs is 1. The molecule has 9 heteroatoms. The molecule has 0 bridgehead atoms. The number of hydrogen-bond acceptors (Lipinski definition) is 7. The van der Waals surface area contributed by atoms with Crippen molar-refractivity contribution in [3.05, 3.63) is 40.2 Å². The summed E-state index contributed by atoms with van der Waals surface area (Å²) in [5, 5.41) is 16.1. The first-order valence-corrected chi connectivity index (χ1v) is 10.5. The number of rotatable bonds is 9. The number of anilines is 1. The Balaban J connectivity index is 1.70. The highest BCUT2D eigenvalue weighted by Crippen LogP contribution is 2.38. The van der Waals surface area contributed by atoms with Crippen molar-refractivity contribution in [2.24, 2.45) is 0 Å². The van der Waals surface area contributed by atoms with Crippen molar-refractivity contribution in [2.45, 2.75) is 51.6 Å². The van der Waals surface area contributed by atoms with Gasteiger partial charge in [-0.05, 0) is 50.3 Å². The number of aliphatic carboxylic acids is 1. The molecule has 2 aromatic rings. The average molecular weight is 420 g/mol. The van der Waals surface area contributed by atoms with Crippen LogP contribution in [0.25, 0.3) is 0 Å². The number of carboxylic acid groups (broad SMARTS) is 1. The molecule has 1 aliphatic rings. The van der Waals surface area contributed by atoms with Crippen molar-refractivity contribution in [3.8, 4) is 0 Å². The largest absolute Gasteiger partial charge is 0.544 e. The monoisotopic (exact) mass is 420 g/mol. The van der Waals surface area contributed by atoms with E-state index in [1.54, 1.807) is 19.1 Å². The number of thiophene rings is 1. The molecule has 0 unspecified atom stereocenters. The van der Waals surface area contributed by atoms with E-state index in [1.807, 2.05) is 0 Å². The van der Waals surface area contributed by atoms with Crippen LogP contribution in [0.1, 0.15) is 52.7 Å². The summed E-state index contributed by atoms with van der Waals surface area (Å²) in [6, 6.07) is 2.37. The Bertz CT molecular complexity index is 874. The highest BCUT2D eigenvalue weighted by Gasteiger charge is 2.28. The zero-order chi connectivity index (χ0) is 20.8. The lowest BCUT2D eigenvalue weighted by molar-refractivity contribution is -0.698. The summed E-state index contributed by atoms with van der Waals surface area (Å²) in [6.07, 6.45) is 4.87. The molecule has 0 saturated heterocycles. The van der Waals surface area contributed by atoms with Crippen LogP contribution in [-0.2, 0) is 33.7 Å². The van der Waals surface area contributed by atoms with Crippen molar-refractivity contribution >= 4 is 34.2 Å². The zero-order valence-electron chi connectivity index (χ0n) is 16.2. The van der Waals surface area contributed by atoms with Crippen LogP contribution in [0.3, 0.4) is 0 Å². The third-order valence-corrected chi connectivity index (χ3v) is 6.00. The van der Waals surface area contributed by atoms with Crippen LogP contribution in [0.4, 0.5) is 5.00 Å². The molecule has 3 rings (SSSR count). The maximum atomic E-state index is 12.5. The number of amides is 1. The fourth-order valence-electron chi connectivity index (χ4n) is 3.40. The van der Waals surface area contributed by atoms with E-state index in [0.29, 0.717) is 16.3 Å². The minimum absolute atomic E-state index is 0.241.